The normalized spacial score (nSPS) is 16.8. The molecule has 3 heterocycles. The van der Waals surface area contributed by atoms with Gasteiger partial charge in [0.2, 0.25) is 5.91 Å². The Morgan fingerprint density at radius 2 is 1.96 bits per heavy atom. The van der Waals surface area contributed by atoms with Crippen molar-refractivity contribution in [1.29, 1.82) is 0 Å². The quantitative estimate of drug-likeness (QED) is 0.925. The molecule has 1 saturated heterocycles. The van der Waals surface area contributed by atoms with Crippen LogP contribution in [-0.2, 0) is 9.53 Å². The number of hydrogen-bond acceptors (Lipinski definition) is 5. The number of carbonyl (C=O) groups excluding carboxylic acids is 1. The van der Waals surface area contributed by atoms with E-state index in [1.807, 2.05) is 12.4 Å². The van der Waals surface area contributed by atoms with Crippen LogP contribution < -0.4 is 5.32 Å². The minimum atomic E-state index is -0.0343. The Balaban J connectivity index is 2.10. The van der Waals surface area contributed by atoms with E-state index >= 15 is 0 Å². The fourth-order valence-electron chi connectivity index (χ4n) is 3.17. The van der Waals surface area contributed by atoms with Crippen molar-refractivity contribution in [2.45, 2.75) is 26.8 Å². The summed E-state index contributed by atoms with van der Waals surface area (Å²) in [4.78, 5) is 19.5. The summed E-state index contributed by atoms with van der Waals surface area (Å²) in [5, 5.41) is 3.98. The zero-order valence-corrected chi connectivity index (χ0v) is 15.2. The van der Waals surface area contributed by atoms with Crippen LogP contribution in [0.15, 0.2) is 24.5 Å². The molecule has 1 fully saturated rings. The zero-order valence-electron chi connectivity index (χ0n) is 14.3. The number of morpholine rings is 1. The standard InChI is InChI=1S/C18H23N3O2S/c1-12-13(2)24-18(20-14(3)22)16(12)17(15-4-6-19-7-5-15)21-8-10-23-11-9-21/h4-7,17H,8-11H2,1-3H3,(H,20,22)/t17-/m0/s1. The van der Waals surface area contributed by atoms with E-state index in [-0.39, 0.29) is 11.9 Å². The van der Waals surface area contributed by atoms with Crippen LogP contribution in [0.1, 0.15) is 34.5 Å². The van der Waals surface area contributed by atoms with Crippen LogP contribution in [0.2, 0.25) is 0 Å². The number of thiophene rings is 1. The highest BCUT2D eigenvalue weighted by molar-refractivity contribution is 7.16. The molecule has 0 bridgehead atoms. The minimum Gasteiger partial charge on any atom is -0.379 e. The second-order valence-corrected chi connectivity index (χ2v) is 7.26. The molecule has 1 aliphatic rings. The second kappa shape index (κ2) is 7.42. The Bertz CT molecular complexity index is 709. The minimum absolute atomic E-state index is 0.0343. The number of rotatable bonds is 4. The van der Waals surface area contributed by atoms with Gasteiger partial charge in [0.15, 0.2) is 0 Å². The summed E-state index contributed by atoms with van der Waals surface area (Å²) in [6.45, 7) is 9.03. The van der Waals surface area contributed by atoms with Gasteiger partial charge in [-0.15, -0.1) is 11.3 Å². The molecular weight excluding hydrogens is 322 g/mol. The van der Waals surface area contributed by atoms with E-state index in [9.17, 15) is 4.79 Å². The third kappa shape index (κ3) is 3.50. The summed E-state index contributed by atoms with van der Waals surface area (Å²) in [6, 6.07) is 4.22. The van der Waals surface area contributed by atoms with Gasteiger partial charge in [-0.2, -0.15) is 0 Å². The van der Waals surface area contributed by atoms with Crippen molar-refractivity contribution in [2.24, 2.45) is 0 Å². The van der Waals surface area contributed by atoms with Gasteiger partial charge < -0.3 is 10.1 Å². The molecule has 0 radical (unpaired) electrons. The van der Waals surface area contributed by atoms with Crippen LogP contribution in [0, 0.1) is 13.8 Å². The third-order valence-electron chi connectivity index (χ3n) is 4.43. The summed E-state index contributed by atoms with van der Waals surface area (Å²) in [7, 11) is 0. The molecule has 0 unspecified atom stereocenters. The first-order chi connectivity index (χ1) is 11.6. The maximum atomic E-state index is 11.7. The number of aromatic nitrogens is 1. The lowest BCUT2D eigenvalue weighted by Gasteiger charge is -2.35. The van der Waals surface area contributed by atoms with Crippen molar-refractivity contribution < 1.29 is 9.53 Å². The second-order valence-electron chi connectivity index (χ2n) is 6.04. The number of carbonyl (C=O) groups is 1. The maximum absolute atomic E-state index is 11.7. The van der Waals surface area contributed by atoms with Gasteiger partial charge in [0.1, 0.15) is 5.00 Å². The van der Waals surface area contributed by atoms with Gasteiger partial charge in [0.25, 0.3) is 0 Å². The van der Waals surface area contributed by atoms with Crippen molar-refractivity contribution in [3.05, 3.63) is 46.1 Å². The largest absolute Gasteiger partial charge is 0.379 e. The number of ether oxygens (including phenoxy) is 1. The van der Waals surface area contributed by atoms with E-state index in [0.29, 0.717) is 0 Å². The van der Waals surface area contributed by atoms with Crippen LogP contribution in [0.3, 0.4) is 0 Å². The van der Waals surface area contributed by atoms with Gasteiger partial charge >= 0.3 is 0 Å². The zero-order chi connectivity index (χ0) is 17.1. The molecule has 2 aromatic heterocycles. The first-order valence-corrected chi connectivity index (χ1v) is 8.98. The van der Waals surface area contributed by atoms with Crippen molar-refractivity contribution in [1.82, 2.24) is 9.88 Å². The number of nitrogens with zero attached hydrogens (tertiary/aromatic N) is 2. The first-order valence-electron chi connectivity index (χ1n) is 8.17. The predicted molar refractivity (Wildman–Crippen MR) is 96.6 cm³/mol. The molecule has 1 atom stereocenters. The number of hydrogen-bond donors (Lipinski definition) is 1. The fourth-order valence-corrected chi connectivity index (χ4v) is 4.31. The van der Waals surface area contributed by atoms with Gasteiger partial charge in [-0.3, -0.25) is 14.7 Å². The molecule has 1 N–H and O–H groups in total. The lowest BCUT2D eigenvalue weighted by molar-refractivity contribution is -0.114. The summed E-state index contributed by atoms with van der Waals surface area (Å²) >= 11 is 1.65. The van der Waals surface area contributed by atoms with Gasteiger partial charge in [-0.1, -0.05) is 0 Å². The first kappa shape index (κ1) is 17.1. The van der Waals surface area contributed by atoms with E-state index in [0.717, 1.165) is 31.3 Å². The number of anilines is 1. The smallest absolute Gasteiger partial charge is 0.221 e. The van der Waals surface area contributed by atoms with E-state index in [1.54, 1.807) is 18.3 Å². The molecule has 0 saturated carbocycles. The van der Waals surface area contributed by atoms with Crippen LogP contribution in [0.5, 0.6) is 0 Å². The summed E-state index contributed by atoms with van der Waals surface area (Å²) < 4.78 is 5.53. The number of amides is 1. The molecule has 24 heavy (non-hydrogen) atoms. The molecule has 0 spiro atoms. The monoisotopic (exact) mass is 345 g/mol. The van der Waals surface area contributed by atoms with E-state index in [2.05, 4.69) is 41.2 Å². The highest BCUT2D eigenvalue weighted by atomic mass is 32.1. The van der Waals surface area contributed by atoms with Crippen LogP contribution in [-0.4, -0.2) is 42.1 Å². The number of nitrogens with one attached hydrogen (secondary N) is 1. The summed E-state index contributed by atoms with van der Waals surface area (Å²) in [6.07, 6.45) is 3.66. The highest BCUT2D eigenvalue weighted by Crippen LogP contribution is 2.42. The van der Waals surface area contributed by atoms with Gasteiger partial charge in [-0.25, -0.2) is 0 Å². The predicted octanol–water partition coefficient (Wildman–Crippen LogP) is 3.14. The molecule has 2 aromatic rings. The molecule has 5 nitrogen and oxygen atoms in total. The molecule has 6 heteroatoms. The molecule has 1 aliphatic heterocycles. The molecule has 1 amide bonds. The Hall–Kier alpha value is -1.76. The van der Waals surface area contributed by atoms with E-state index in [4.69, 9.17) is 4.74 Å². The van der Waals surface area contributed by atoms with Crippen LogP contribution >= 0.6 is 11.3 Å². The van der Waals surface area contributed by atoms with E-state index < -0.39 is 0 Å². The van der Waals surface area contributed by atoms with Gasteiger partial charge in [0, 0.05) is 42.8 Å². The highest BCUT2D eigenvalue weighted by Gasteiger charge is 2.30. The molecule has 3 rings (SSSR count). The Morgan fingerprint density at radius 3 is 2.58 bits per heavy atom. The Morgan fingerprint density at radius 1 is 1.29 bits per heavy atom. The average Bonchev–Trinajstić information content (AvgIpc) is 2.84. The molecular formula is C18H23N3O2S. The SMILES string of the molecule is CC(=O)Nc1sc(C)c(C)c1[C@H](c1ccncc1)N1CCOCC1. The van der Waals surface area contributed by atoms with Crippen molar-refractivity contribution >= 4 is 22.2 Å². The third-order valence-corrected chi connectivity index (χ3v) is 5.57. The topological polar surface area (TPSA) is 54.5 Å². The number of aryl methyl sites for hydroxylation is 1. The van der Waals surface area contributed by atoms with Crippen molar-refractivity contribution in [2.75, 3.05) is 31.6 Å². The van der Waals surface area contributed by atoms with Crippen molar-refractivity contribution in [3.63, 3.8) is 0 Å². The molecule has 128 valence electrons. The molecule has 0 aromatic carbocycles. The summed E-state index contributed by atoms with van der Waals surface area (Å²) in [5.74, 6) is -0.0343. The number of pyridine rings is 1. The lowest BCUT2D eigenvalue weighted by atomic mass is 9.95. The Labute approximate surface area is 146 Å². The Kier molecular flexibility index (Phi) is 5.28. The van der Waals surface area contributed by atoms with Crippen LogP contribution in [0.4, 0.5) is 5.00 Å². The van der Waals surface area contributed by atoms with E-state index in [1.165, 1.54) is 21.6 Å². The fraction of sp³-hybridized carbons (Fsp3) is 0.444. The van der Waals surface area contributed by atoms with Gasteiger partial charge in [-0.05, 0) is 37.1 Å². The average molecular weight is 345 g/mol. The van der Waals surface area contributed by atoms with Gasteiger partial charge in [0.05, 0.1) is 19.3 Å². The summed E-state index contributed by atoms with van der Waals surface area (Å²) in [5.41, 5.74) is 3.64. The lowest BCUT2D eigenvalue weighted by Crippen LogP contribution is -2.39. The maximum Gasteiger partial charge on any atom is 0.221 e. The van der Waals surface area contributed by atoms with Crippen LogP contribution in [0.25, 0.3) is 0 Å². The van der Waals surface area contributed by atoms with Crippen molar-refractivity contribution in [3.8, 4) is 0 Å². The molecule has 0 aliphatic carbocycles.